The molecule has 0 aromatic rings. The van der Waals surface area contributed by atoms with Crippen molar-refractivity contribution in [3.8, 4) is 0 Å². The number of thioether (sulfide) groups is 1. The van der Waals surface area contributed by atoms with E-state index in [-0.39, 0.29) is 12.1 Å². The van der Waals surface area contributed by atoms with Crippen molar-refractivity contribution in [2.24, 2.45) is 5.92 Å². The van der Waals surface area contributed by atoms with Gasteiger partial charge in [-0.25, -0.2) is 0 Å². The number of hydrogen-bond acceptors (Lipinski definition) is 6. The van der Waals surface area contributed by atoms with Crippen molar-refractivity contribution < 1.29 is 5.11 Å². The van der Waals surface area contributed by atoms with Gasteiger partial charge in [0.15, 0.2) is 0 Å². The van der Waals surface area contributed by atoms with Gasteiger partial charge in [-0.15, -0.1) is 11.8 Å². The summed E-state index contributed by atoms with van der Waals surface area (Å²) in [4.78, 5) is 0. The van der Waals surface area contributed by atoms with Crippen molar-refractivity contribution in [1.82, 2.24) is 16.2 Å². The fraction of sp³-hybridized carbons (Fsp3) is 0.917. The first kappa shape index (κ1) is 15.9. The second kappa shape index (κ2) is 8.12. The van der Waals surface area contributed by atoms with Crippen molar-refractivity contribution in [3.63, 3.8) is 0 Å². The van der Waals surface area contributed by atoms with Crippen molar-refractivity contribution in [2.45, 2.75) is 50.1 Å². The first-order valence-corrected chi connectivity index (χ1v) is 7.50. The third kappa shape index (κ3) is 4.85. The van der Waals surface area contributed by atoms with Gasteiger partial charge in [0.2, 0.25) is 0 Å². The van der Waals surface area contributed by atoms with Crippen molar-refractivity contribution in [2.75, 3.05) is 13.6 Å². The molecule has 1 rings (SSSR count). The minimum atomic E-state index is -0.256. The second-order valence-electron chi connectivity index (χ2n) is 5.06. The average Bonchev–Trinajstić information content (AvgIpc) is 2.67. The van der Waals surface area contributed by atoms with Crippen molar-refractivity contribution in [1.29, 1.82) is 5.41 Å². The number of aliphatic hydroxyl groups excluding tert-OH is 1. The molecule has 106 valence electrons. The Kier molecular flexibility index (Phi) is 7.18. The summed E-state index contributed by atoms with van der Waals surface area (Å²) in [5.74, 6) is 0.517. The van der Waals surface area contributed by atoms with Gasteiger partial charge in [0.1, 0.15) is 0 Å². The van der Waals surface area contributed by atoms with Gasteiger partial charge in [0.25, 0.3) is 0 Å². The molecule has 18 heavy (non-hydrogen) atoms. The highest BCUT2D eigenvalue weighted by molar-refractivity contribution is 8.12. The van der Waals surface area contributed by atoms with Crippen LogP contribution in [0.4, 0.5) is 0 Å². The van der Waals surface area contributed by atoms with Gasteiger partial charge in [0, 0.05) is 23.9 Å². The van der Waals surface area contributed by atoms with Crippen LogP contribution in [0.3, 0.4) is 0 Å². The Balaban J connectivity index is 2.35. The fourth-order valence-electron chi connectivity index (χ4n) is 2.41. The topological polar surface area (TPSA) is 80.2 Å². The van der Waals surface area contributed by atoms with Crippen LogP contribution in [-0.2, 0) is 0 Å². The lowest BCUT2D eigenvalue weighted by Crippen LogP contribution is -2.45. The maximum atomic E-state index is 10.1. The monoisotopic (exact) mass is 274 g/mol. The Hall–Kier alpha value is -0.140. The highest BCUT2D eigenvalue weighted by Gasteiger charge is 2.33. The summed E-state index contributed by atoms with van der Waals surface area (Å²) in [6.07, 6.45) is 1.60. The van der Waals surface area contributed by atoms with E-state index < -0.39 is 0 Å². The second-order valence-corrected chi connectivity index (χ2v) is 6.31. The van der Waals surface area contributed by atoms with Gasteiger partial charge in [-0.1, -0.05) is 6.92 Å². The average molecular weight is 274 g/mol. The lowest BCUT2D eigenvalue weighted by Gasteiger charge is -2.25. The van der Waals surface area contributed by atoms with Crippen LogP contribution in [0.5, 0.6) is 0 Å². The maximum Gasteiger partial charge on any atom is 0.0696 e. The largest absolute Gasteiger partial charge is 0.391 e. The zero-order valence-corrected chi connectivity index (χ0v) is 12.3. The van der Waals surface area contributed by atoms with E-state index in [4.69, 9.17) is 5.41 Å². The van der Waals surface area contributed by atoms with Crippen LogP contribution in [-0.4, -0.2) is 47.7 Å². The Morgan fingerprint density at radius 1 is 1.44 bits per heavy atom. The van der Waals surface area contributed by atoms with Crippen LogP contribution < -0.4 is 16.2 Å². The Morgan fingerprint density at radius 2 is 2.17 bits per heavy atom. The molecule has 5 nitrogen and oxygen atoms in total. The van der Waals surface area contributed by atoms with Gasteiger partial charge in [-0.3, -0.25) is 10.9 Å². The summed E-state index contributed by atoms with van der Waals surface area (Å²) in [5.41, 5.74) is 7.41. The number of aliphatic hydroxyl groups is 1. The molecule has 0 radical (unpaired) electrons. The highest BCUT2D eigenvalue weighted by atomic mass is 32.2. The SMILES string of the molecule is CNNC[C@H]1C[C@H](O)[C@H](NC(C)[C@@H](C)SC=N)C1. The summed E-state index contributed by atoms with van der Waals surface area (Å²) < 4.78 is 0. The predicted molar refractivity (Wildman–Crippen MR) is 78.0 cm³/mol. The molecule has 0 aromatic heterocycles. The summed E-state index contributed by atoms with van der Waals surface area (Å²) in [6.45, 7) is 5.12. The lowest BCUT2D eigenvalue weighted by atomic mass is 10.1. The number of nitrogens with one attached hydrogen (secondary N) is 4. The molecule has 0 bridgehead atoms. The summed E-state index contributed by atoms with van der Waals surface area (Å²) >= 11 is 1.51. The molecule has 1 unspecified atom stereocenters. The third-order valence-corrected chi connectivity index (χ3v) is 4.63. The lowest BCUT2D eigenvalue weighted by molar-refractivity contribution is 0.141. The molecule has 1 aliphatic rings. The summed E-state index contributed by atoms with van der Waals surface area (Å²) in [7, 11) is 1.86. The van der Waals surface area contributed by atoms with Crippen LogP contribution in [0.15, 0.2) is 0 Å². The molecule has 0 amide bonds. The molecule has 1 fully saturated rings. The fourth-order valence-corrected chi connectivity index (χ4v) is 2.94. The molecular formula is C12H26N4OS. The van der Waals surface area contributed by atoms with Crippen LogP contribution in [0, 0.1) is 11.3 Å². The first-order valence-electron chi connectivity index (χ1n) is 6.56. The summed E-state index contributed by atoms with van der Waals surface area (Å²) in [5, 5.41) is 21.0. The summed E-state index contributed by atoms with van der Waals surface area (Å²) in [6, 6.07) is 0.477. The van der Waals surface area contributed by atoms with E-state index in [2.05, 4.69) is 30.0 Å². The quantitative estimate of drug-likeness (QED) is 0.254. The van der Waals surface area contributed by atoms with E-state index in [1.807, 2.05) is 7.05 Å². The minimum Gasteiger partial charge on any atom is -0.391 e. The van der Waals surface area contributed by atoms with E-state index in [0.29, 0.717) is 17.2 Å². The van der Waals surface area contributed by atoms with E-state index >= 15 is 0 Å². The Labute approximate surface area is 114 Å². The molecule has 0 heterocycles. The van der Waals surface area contributed by atoms with E-state index in [9.17, 15) is 5.11 Å². The zero-order chi connectivity index (χ0) is 13.5. The molecule has 5 atom stereocenters. The molecule has 0 aromatic carbocycles. The van der Waals surface area contributed by atoms with Crippen LogP contribution in [0.25, 0.3) is 0 Å². The van der Waals surface area contributed by atoms with Crippen LogP contribution in [0.1, 0.15) is 26.7 Å². The molecule has 0 saturated heterocycles. The van der Waals surface area contributed by atoms with Gasteiger partial charge in [0.05, 0.1) is 11.7 Å². The number of hydrazine groups is 1. The van der Waals surface area contributed by atoms with E-state index in [1.54, 1.807) is 0 Å². The maximum absolute atomic E-state index is 10.1. The van der Waals surface area contributed by atoms with Crippen LogP contribution >= 0.6 is 11.8 Å². The molecule has 5 N–H and O–H groups in total. The van der Waals surface area contributed by atoms with E-state index in [0.717, 1.165) is 19.4 Å². The normalized spacial score (nSPS) is 31.2. The highest BCUT2D eigenvalue weighted by Crippen LogP contribution is 2.26. The van der Waals surface area contributed by atoms with E-state index in [1.165, 1.54) is 17.3 Å². The predicted octanol–water partition coefficient (Wildman–Crippen LogP) is 0.557. The molecule has 1 saturated carbocycles. The van der Waals surface area contributed by atoms with Gasteiger partial charge in [-0.05, 0) is 32.7 Å². The Bertz CT molecular complexity index is 254. The molecule has 1 aliphatic carbocycles. The van der Waals surface area contributed by atoms with Gasteiger partial charge < -0.3 is 15.8 Å². The van der Waals surface area contributed by atoms with Gasteiger partial charge in [-0.2, -0.15) is 0 Å². The zero-order valence-electron chi connectivity index (χ0n) is 11.4. The molecule has 0 aliphatic heterocycles. The van der Waals surface area contributed by atoms with Crippen molar-refractivity contribution >= 4 is 17.3 Å². The number of rotatable bonds is 8. The standard InChI is InChI=1S/C12H26N4OS/c1-8(9(2)18-7-13)16-11-4-10(5-12(11)17)6-15-14-3/h7-17H,4-6H2,1-3H3/t8?,9-,10-,11-,12+/m1/s1. The molecular weight excluding hydrogens is 248 g/mol. The first-order chi connectivity index (χ1) is 8.58. The van der Waals surface area contributed by atoms with Gasteiger partial charge >= 0.3 is 0 Å². The number of hydrogen-bond donors (Lipinski definition) is 5. The molecule has 0 spiro atoms. The smallest absolute Gasteiger partial charge is 0.0696 e. The minimum absolute atomic E-state index is 0.178. The van der Waals surface area contributed by atoms with Crippen LogP contribution in [0.2, 0.25) is 0 Å². The van der Waals surface area contributed by atoms with Crippen molar-refractivity contribution in [3.05, 3.63) is 0 Å². The third-order valence-electron chi connectivity index (χ3n) is 3.66. The molecule has 6 heteroatoms. The Morgan fingerprint density at radius 3 is 2.78 bits per heavy atom.